The smallest absolute Gasteiger partial charge is 0.128 e. The Balaban J connectivity index is 0. The molecular weight excluding hydrogens is 123 g/mol. The Morgan fingerprint density at radius 1 is 1.67 bits per heavy atom. The van der Waals surface area contributed by atoms with Crippen molar-refractivity contribution in [2.24, 2.45) is 0 Å². The number of methoxy groups -OCH3 is 1. The molecule has 6 heavy (non-hydrogen) atoms. The van der Waals surface area contributed by atoms with Gasteiger partial charge in [-0.2, -0.15) is 0 Å². The van der Waals surface area contributed by atoms with Gasteiger partial charge in [-0.15, -0.1) is 12.4 Å². The van der Waals surface area contributed by atoms with Gasteiger partial charge in [-0.1, -0.05) is 11.6 Å². The fourth-order valence-corrected chi connectivity index (χ4v) is 0. The third-order valence-electron chi connectivity index (χ3n) is 0.325. The van der Waals surface area contributed by atoms with E-state index in [2.05, 4.69) is 4.74 Å². The lowest BCUT2D eigenvalue weighted by Crippen LogP contribution is -1.89. The highest BCUT2D eigenvalue weighted by molar-refractivity contribution is 6.19. The van der Waals surface area contributed by atoms with Gasteiger partial charge in [0.05, 0.1) is 0 Å². The number of hydrogen-bond acceptors (Lipinski definition) is 1. The summed E-state index contributed by atoms with van der Waals surface area (Å²) < 4.78 is 4.52. The van der Waals surface area contributed by atoms with Crippen LogP contribution >= 0.6 is 24.0 Å². The molecule has 0 rings (SSSR count). The molecule has 0 heterocycles. The van der Waals surface area contributed by atoms with Gasteiger partial charge in [0.1, 0.15) is 5.56 Å². The molecule has 0 fully saturated rings. The monoisotopic (exact) mass is 130 g/mol. The normalized spacial score (nSPS) is 12.5. The maximum Gasteiger partial charge on any atom is 0.128 e. The Hall–Kier alpha value is 0.540. The molecule has 0 aliphatic carbocycles. The topological polar surface area (TPSA) is 9.23 Å². The first-order valence-electron chi connectivity index (χ1n) is 1.44. The molecule has 0 spiro atoms. The van der Waals surface area contributed by atoms with Crippen LogP contribution in [0.1, 0.15) is 6.92 Å². The second kappa shape index (κ2) is 5.54. The molecule has 0 amide bonds. The van der Waals surface area contributed by atoms with Gasteiger partial charge in [-0.05, 0) is 6.92 Å². The van der Waals surface area contributed by atoms with Crippen molar-refractivity contribution >= 4 is 24.0 Å². The van der Waals surface area contributed by atoms with Crippen molar-refractivity contribution in [2.45, 2.75) is 12.5 Å². The predicted molar refractivity (Wildman–Crippen MR) is 29.6 cm³/mol. The minimum atomic E-state index is -0.144. The van der Waals surface area contributed by atoms with Gasteiger partial charge in [0.15, 0.2) is 0 Å². The summed E-state index contributed by atoms with van der Waals surface area (Å²) in [5, 5.41) is 0. The Morgan fingerprint density at radius 3 is 1.83 bits per heavy atom. The highest BCUT2D eigenvalue weighted by Gasteiger charge is 1.82. The van der Waals surface area contributed by atoms with Crippen molar-refractivity contribution in [3.05, 3.63) is 0 Å². The van der Waals surface area contributed by atoms with Crippen LogP contribution < -0.4 is 0 Å². The largest absolute Gasteiger partial charge is 0.366 e. The van der Waals surface area contributed by atoms with Crippen LogP contribution in [0, 0.1) is 0 Å². The van der Waals surface area contributed by atoms with E-state index in [0.717, 1.165) is 0 Å². The highest BCUT2D eigenvalue weighted by Crippen LogP contribution is 1.89. The summed E-state index contributed by atoms with van der Waals surface area (Å²) in [6, 6.07) is 0. The third kappa shape index (κ3) is 8.82. The van der Waals surface area contributed by atoms with Crippen LogP contribution in [0.3, 0.4) is 0 Å². The van der Waals surface area contributed by atoms with Crippen LogP contribution in [-0.4, -0.2) is 12.7 Å². The lowest BCUT2D eigenvalue weighted by atomic mass is 10.9. The summed E-state index contributed by atoms with van der Waals surface area (Å²) in [5.74, 6) is 0. The first-order chi connectivity index (χ1) is 2.27. The van der Waals surface area contributed by atoms with Gasteiger partial charge < -0.3 is 4.74 Å². The lowest BCUT2D eigenvalue weighted by molar-refractivity contribution is 0.182. The minimum Gasteiger partial charge on any atom is -0.366 e. The summed E-state index contributed by atoms with van der Waals surface area (Å²) in [6.45, 7) is 1.77. The molecule has 0 aliphatic rings. The molecule has 1 nitrogen and oxygen atoms in total. The minimum absolute atomic E-state index is 0. The zero-order valence-corrected chi connectivity index (χ0v) is 5.34. The van der Waals surface area contributed by atoms with Crippen LogP contribution in [0.5, 0.6) is 0 Å². The van der Waals surface area contributed by atoms with Gasteiger partial charge in [0, 0.05) is 7.11 Å². The molecule has 40 valence electrons. The fourth-order valence-electron chi connectivity index (χ4n) is 0. The quantitative estimate of drug-likeness (QED) is 0.491. The van der Waals surface area contributed by atoms with Crippen LogP contribution in [0.4, 0.5) is 0 Å². The summed E-state index contributed by atoms with van der Waals surface area (Å²) in [5.41, 5.74) is -0.144. The summed E-state index contributed by atoms with van der Waals surface area (Å²) >= 11 is 5.24. The standard InChI is InChI=1S/C3H7ClO.ClH/c1-3(4)5-2;/h3H,1-2H3;1H. The average Bonchev–Trinajstić information content (AvgIpc) is 1.38. The Morgan fingerprint density at radius 2 is 1.83 bits per heavy atom. The summed E-state index contributed by atoms with van der Waals surface area (Å²) in [7, 11) is 1.57. The molecular formula is C3H8Cl2O. The molecule has 0 aromatic rings. The second-order valence-corrected chi connectivity index (χ2v) is 1.39. The van der Waals surface area contributed by atoms with Gasteiger partial charge in [0.25, 0.3) is 0 Å². The molecule has 0 saturated carbocycles. The predicted octanol–water partition coefficient (Wildman–Crippen LogP) is 1.64. The van der Waals surface area contributed by atoms with Crippen LogP contribution in [0.25, 0.3) is 0 Å². The number of halogens is 2. The van der Waals surface area contributed by atoms with Gasteiger partial charge in [0.2, 0.25) is 0 Å². The molecule has 1 atom stereocenters. The first-order valence-corrected chi connectivity index (χ1v) is 1.88. The van der Waals surface area contributed by atoms with Crippen LogP contribution in [-0.2, 0) is 4.74 Å². The van der Waals surface area contributed by atoms with E-state index in [0.29, 0.717) is 0 Å². The van der Waals surface area contributed by atoms with E-state index in [1.807, 2.05) is 0 Å². The number of hydrogen-bond donors (Lipinski definition) is 0. The van der Waals surface area contributed by atoms with Crippen molar-refractivity contribution in [1.82, 2.24) is 0 Å². The number of ether oxygens (including phenoxy) is 1. The van der Waals surface area contributed by atoms with Gasteiger partial charge in [-0.25, -0.2) is 0 Å². The number of alkyl halides is 1. The maximum absolute atomic E-state index is 5.24. The molecule has 0 saturated heterocycles. The van der Waals surface area contributed by atoms with E-state index in [1.165, 1.54) is 0 Å². The first kappa shape index (κ1) is 9.74. The Labute approximate surface area is 49.0 Å². The second-order valence-electron chi connectivity index (χ2n) is 0.779. The maximum atomic E-state index is 5.24. The zero-order valence-electron chi connectivity index (χ0n) is 3.77. The third-order valence-corrected chi connectivity index (χ3v) is 0.503. The highest BCUT2D eigenvalue weighted by atomic mass is 35.5. The molecule has 0 aliphatic heterocycles. The van der Waals surface area contributed by atoms with Crippen molar-refractivity contribution < 1.29 is 4.74 Å². The SMILES string of the molecule is COC(C)Cl.Cl. The molecule has 1 unspecified atom stereocenters. The van der Waals surface area contributed by atoms with Gasteiger partial charge in [-0.3, -0.25) is 0 Å². The summed E-state index contributed by atoms with van der Waals surface area (Å²) in [4.78, 5) is 0. The fraction of sp³-hybridized carbons (Fsp3) is 1.00. The molecule has 0 aromatic heterocycles. The van der Waals surface area contributed by atoms with E-state index in [9.17, 15) is 0 Å². The molecule has 0 radical (unpaired) electrons. The van der Waals surface area contributed by atoms with E-state index >= 15 is 0 Å². The van der Waals surface area contributed by atoms with Crippen molar-refractivity contribution in [2.75, 3.05) is 7.11 Å². The van der Waals surface area contributed by atoms with E-state index < -0.39 is 0 Å². The average molecular weight is 131 g/mol. The van der Waals surface area contributed by atoms with E-state index in [4.69, 9.17) is 11.6 Å². The van der Waals surface area contributed by atoms with E-state index in [1.54, 1.807) is 14.0 Å². The Kier molecular flexibility index (Phi) is 8.99. The van der Waals surface area contributed by atoms with Gasteiger partial charge >= 0.3 is 0 Å². The van der Waals surface area contributed by atoms with Crippen LogP contribution in [0.2, 0.25) is 0 Å². The van der Waals surface area contributed by atoms with E-state index in [-0.39, 0.29) is 18.0 Å². The van der Waals surface area contributed by atoms with Crippen molar-refractivity contribution in [3.63, 3.8) is 0 Å². The molecule has 3 heteroatoms. The zero-order chi connectivity index (χ0) is 4.28. The Bertz CT molecular complexity index is 22.8. The van der Waals surface area contributed by atoms with Crippen LogP contribution in [0.15, 0.2) is 0 Å². The number of rotatable bonds is 1. The molecule has 0 bridgehead atoms. The summed E-state index contributed by atoms with van der Waals surface area (Å²) in [6.07, 6.45) is 0. The van der Waals surface area contributed by atoms with Crippen molar-refractivity contribution in [1.29, 1.82) is 0 Å². The molecule has 0 aromatic carbocycles. The lowest BCUT2D eigenvalue weighted by Gasteiger charge is -1.91. The van der Waals surface area contributed by atoms with Crippen molar-refractivity contribution in [3.8, 4) is 0 Å². The molecule has 0 N–H and O–H groups in total.